The second kappa shape index (κ2) is 18.8. The minimum Gasteiger partial charge on any atom is -0.307 e. The second-order valence-corrected chi connectivity index (χ2v) is 20.1. The molecule has 0 saturated carbocycles. The van der Waals surface area contributed by atoms with Gasteiger partial charge in [-0.1, -0.05) is 186 Å². The number of aryl methyl sites for hydroxylation is 4. The predicted octanol–water partition coefficient (Wildman–Crippen LogP) is 16.5. The molecule has 14 aromatic rings. The van der Waals surface area contributed by atoms with Crippen molar-refractivity contribution in [3.63, 3.8) is 0 Å². The molecule has 0 spiro atoms. The molecule has 9 aromatic carbocycles. The molecule has 0 aliphatic carbocycles. The summed E-state index contributed by atoms with van der Waals surface area (Å²) in [6, 6.07) is 75.8. The third kappa shape index (κ3) is 8.08. The highest BCUT2D eigenvalue weighted by Crippen LogP contribution is 2.45. The number of pyridine rings is 1. The number of aromatic nitrogens is 9. The molecule has 5 aromatic heterocycles. The Morgan fingerprint density at radius 3 is 1.03 bits per heavy atom. The number of nitrogens with zero attached hydrogens (tertiary/aromatic N) is 9. The van der Waals surface area contributed by atoms with Crippen LogP contribution in [0.2, 0.25) is 0 Å². The maximum Gasteiger partial charge on any atom is 0.165 e. The summed E-state index contributed by atoms with van der Waals surface area (Å²) < 4.78 is 4.67. The summed E-state index contributed by atoms with van der Waals surface area (Å²) in [4.78, 5) is 37.6. The molecule has 5 heterocycles. The van der Waals surface area contributed by atoms with Crippen molar-refractivity contribution in [1.29, 1.82) is 0 Å². The maximum absolute atomic E-state index is 5.51. The zero-order valence-corrected chi connectivity index (χ0v) is 43.4. The van der Waals surface area contributed by atoms with Crippen molar-refractivity contribution >= 4 is 43.6 Å². The van der Waals surface area contributed by atoms with Gasteiger partial charge in [-0.25, -0.2) is 34.9 Å². The van der Waals surface area contributed by atoms with Crippen LogP contribution in [0, 0.1) is 27.7 Å². The minimum absolute atomic E-state index is 0.455. The Kier molecular flexibility index (Phi) is 11.2. The molecule has 370 valence electrons. The van der Waals surface area contributed by atoms with Crippen LogP contribution in [0.4, 0.5) is 0 Å². The number of benzene rings is 9. The van der Waals surface area contributed by atoms with Crippen LogP contribution in [0.3, 0.4) is 0 Å². The van der Waals surface area contributed by atoms with Crippen LogP contribution < -0.4 is 0 Å². The molecule has 0 atom stereocenters. The lowest BCUT2D eigenvalue weighted by atomic mass is 9.93. The molecule has 0 bridgehead atoms. The molecule has 0 fully saturated rings. The van der Waals surface area contributed by atoms with E-state index in [-0.39, 0.29) is 0 Å². The molecule has 9 nitrogen and oxygen atoms in total. The summed E-state index contributed by atoms with van der Waals surface area (Å²) in [6.07, 6.45) is 2.04. The Labute approximate surface area is 451 Å². The van der Waals surface area contributed by atoms with E-state index in [2.05, 4.69) is 134 Å². The Balaban J connectivity index is 1.14. The fourth-order valence-corrected chi connectivity index (χ4v) is 11.0. The minimum atomic E-state index is 0.455. The first kappa shape index (κ1) is 46.3. The molecule has 9 heteroatoms. The van der Waals surface area contributed by atoms with Gasteiger partial charge >= 0.3 is 0 Å². The van der Waals surface area contributed by atoms with Crippen LogP contribution in [0.15, 0.2) is 225 Å². The fourth-order valence-electron chi connectivity index (χ4n) is 11.0. The summed E-state index contributed by atoms with van der Waals surface area (Å²) in [6.45, 7) is 8.61. The van der Waals surface area contributed by atoms with Gasteiger partial charge in [0.1, 0.15) is 5.82 Å². The molecule has 0 N–H and O–H groups in total. The summed E-state index contributed by atoms with van der Waals surface area (Å²) in [7, 11) is 0. The van der Waals surface area contributed by atoms with E-state index >= 15 is 0 Å². The highest BCUT2D eigenvalue weighted by Gasteiger charge is 2.27. The first-order valence-corrected chi connectivity index (χ1v) is 26.2. The zero-order chi connectivity index (χ0) is 52.4. The van der Waals surface area contributed by atoms with Gasteiger partial charge in [0.15, 0.2) is 34.9 Å². The first-order valence-electron chi connectivity index (χ1n) is 26.2. The normalized spacial score (nSPS) is 11.6. The van der Waals surface area contributed by atoms with Crippen molar-refractivity contribution < 1.29 is 0 Å². The van der Waals surface area contributed by atoms with Crippen LogP contribution in [0.5, 0.6) is 0 Å². The number of fused-ring (bicyclic) bond motifs is 6. The van der Waals surface area contributed by atoms with E-state index in [0.717, 1.165) is 83.3 Å². The third-order valence-electron chi connectivity index (χ3n) is 14.7. The van der Waals surface area contributed by atoms with Crippen LogP contribution >= 0.6 is 0 Å². The van der Waals surface area contributed by atoms with Gasteiger partial charge in [-0.3, -0.25) is 4.57 Å². The van der Waals surface area contributed by atoms with Gasteiger partial charge in [-0.05, 0) is 87.9 Å². The van der Waals surface area contributed by atoms with E-state index in [1.165, 1.54) is 33.0 Å². The van der Waals surface area contributed by atoms with E-state index in [1.807, 2.05) is 128 Å². The molecule has 78 heavy (non-hydrogen) atoms. The van der Waals surface area contributed by atoms with E-state index in [0.29, 0.717) is 40.5 Å². The monoisotopic (exact) mass is 1000 g/mol. The van der Waals surface area contributed by atoms with Crippen molar-refractivity contribution in [2.75, 3.05) is 0 Å². The lowest BCUT2D eigenvalue weighted by Crippen LogP contribution is -2.07. The summed E-state index contributed by atoms with van der Waals surface area (Å²) in [5, 5.41) is 4.66. The molecule has 0 unspecified atom stereocenters. The van der Waals surface area contributed by atoms with E-state index in [1.54, 1.807) is 0 Å². The standard InChI is InChI=1S/C69H49N9/c1-42-28-32-57-52(36-42)53-37-43(2)29-33-58(53)77(57)61-41-70-62(78-59-34-30-44(3)38-54(59)55-39-45(4)31-35-60(55)78)40-56(61)50-26-17-27-51(68-73-64(46-18-9-5-10-19-46)71-65(74-68)47-20-11-6-12-21-47)63(50)69-75-66(48-22-13-7-14-23-48)72-67(76-69)49-24-15-8-16-25-49/h5-41H,1-4H3. The fraction of sp³-hybridized carbons (Fsp3) is 0.0580. The molecule has 0 saturated heterocycles. The van der Waals surface area contributed by atoms with Crippen molar-refractivity contribution in [3.8, 4) is 91.0 Å². The van der Waals surface area contributed by atoms with Crippen LogP contribution in [0.25, 0.3) is 135 Å². The number of rotatable bonds is 9. The van der Waals surface area contributed by atoms with Crippen LogP contribution in [-0.4, -0.2) is 44.0 Å². The quantitative estimate of drug-likeness (QED) is 0.142. The molecule has 14 rings (SSSR count). The van der Waals surface area contributed by atoms with Crippen LogP contribution in [0.1, 0.15) is 22.3 Å². The van der Waals surface area contributed by atoms with Crippen molar-refractivity contribution in [2.45, 2.75) is 27.7 Å². The Hall–Kier alpha value is -10.3. The molecule has 0 aliphatic heterocycles. The highest BCUT2D eigenvalue weighted by molar-refractivity contribution is 6.12. The summed E-state index contributed by atoms with van der Waals surface area (Å²) in [5.74, 6) is 3.83. The van der Waals surface area contributed by atoms with Gasteiger partial charge in [0, 0.05) is 60.5 Å². The average Bonchev–Trinajstić information content (AvgIpc) is 4.13. The first-order chi connectivity index (χ1) is 38.3. The molecular weight excluding hydrogens is 955 g/mol. The van der Waals surface area contributed by atoms with E-state index < -0.39 is 0 Å². The Morgan fingerprint density at radius 2 is 0.628 bits per heavy atom. The van der Waals surface area contributed by atoms with Gasteiger partial charge in [-0.15, -0.1) is 0 Å². The lowest BCUT2D eigenvalue weighted by Gasteiger charge is -2.20. The smallest absolute Gasteiger partial charge is 0.165 e. The van der Waals surface area contributed by atoms with E-state index in [4.69, 9.17) is 34.9 Å². The van der Waals surface area contributed by atoms with Crippen LogP contribution in [-0.2, 0) is 0 Å². The molecule has 0 amide bonds. The van der Waals surface area contributed by atoms with Crippen molar-refractivity contribution in [3.05, 3.63) is 247 Å². The van der Waals surface area contributed by atoms with Crippen molar-refractivity contribution in [1.82, 2.24) is 44.0 Å². The summed E-state index contributed by atoms with van der Waals surface area (Å²) in [5.41, 5.74) is 16.5. The van der Waals surface area contributed by atoms with Crippen molar-refractivity contribution in [2.24, 2.45) is 0 Å². The average molecular weight is 1000 g/mol. The van der Waals surface area contributed by atoms with Gasteiger partial charge in [-0.2, -0.15) is 0 Å². The largest absolute Gasteiger partial charge is 0.307 e. The number of hydrogen-bond acceptors (Lipinski definition) is 7. The second-order valence-electron chi connectivity index (χ2n) is 20.1. The number of hydrogen-bond donors (Lipinski definition) is 0. The predicted molar refractivity (Wildman–Crippen MR) is 317 cm³/mol. The van der Waals surface area contributed by atoms with Gasteiger partial charge in [0.25, 0.3) is 0 Å². The molecule has 0 aliphatic rings. The molecule has 0 radical (unpaired) electrons. The lowest BCUT2D eigenvalue weighted by molar-refractivity contribution is 1.05. The SMILES string of the molecule is Cc1ccc2c(c1)c1cc(C)ccc1n2-c1cc(-c2cccc(-c3nc(-c4ccccc4)nc(-c4ccccc4)n3)c2-c2nc(-c3ccccc3)nc(-c3ccccc3)n2)c(-n2c3ccc(C)cc3c3cc(C)ccc32)cn1. The topological polar surface area (TPSA) is 100 Å². The molecular formula is C69H49N9. The Bertz CT molecular complexity index is 4410. The van der Waals surface area contributed by atoms with Gasteiger partial charge in [0.05, 0.1) is 34.0 Å². The Morgan fingerprint density at radius 1 is 0.282 bits per heavy atom. The van der Waals surface area contributed by atoms with E-state index in [9.17, 15) is 0 Å². The third-order valence-corrected chi connectivity index (χ3v) is 14.7. The van der Waals surface area contributed by atoms with Gasteiger partial charge < -0.3 is 4.57 Å². The van der Waals surface area contributed by atoms with Gasteiger partial charge in [0.2, 0.25) is 0 Å². The zero-order valence-electron chi connectivity index (χ0n) is 43.4. The summed E-state index contributed by atoms with van der Waals surface area (Å²) >= 11 is 0. The maximum atomic E-state index is 5.51. The highest BCUT2D eigenvalue weighted by atomic mass is 15.1.